The fraction of sp³-hybridized carbons (Fsp3) is 0.308. The zero-order chi connectivity index (χ0) is 23.1. The van der Waals surface area contributed by atoms with Crippen molar-refractivity contribution in [3.63, 3.8) is 0 Å². The SMILES string of the molecule is Cc1c(Cc2cc(=O)n(C3CCCCC3)[nH]2)c2cc(Cl)ccc2n1C(=O)c1ccccc1Cl. The highest BCUT2D eigenvalue weighted by molar-refractivity contribution is 6.34. The predicted octanol–water partition coefficient (Wildman–Crippen LogP) is 6.53. The van der Waals surface area contributed by atoms with E-state index in [1.807, 2.05) is 19.1 Å². The topological polar surface area (TPSA) is 59.8 Å². The van der Waals surface area contributed by atoms with Crippen molar-refractivity contribution in [2.24, 2.45) is 0 Å². The maximum atomic E-state index is 13.5. The molecule has 5 nitrogen and oxygen atoms in total. The molecule has 2 aromatic heterocycles. The standard InChI is InChI=1S/C26H25Cl2N3O2/c1-16-21(14-18-15-25(32)31(29-18)19-7-3-2-4-8-19)22-13-17(27)11-12-24(22)30(16)26(33)20-9-5-6-10-23(20)28/h5-6,9-13,15,19,29H,2-4,7-8,14H2,1H3. The number of aromatic nitrogens is 3. The molecule has 0 spiro atoms. The van der Waals surface area contributed by atoms with Crippen molar-refractivity contribution in [1.29, 1.82) is 0 Å². The van der Waals surface area contributed by atoms with Crippen LogP contribution in [-0.2, 0) is 6.42 Å². The lowest BCUT2D eigenvalue weighted by molar-refractivity contribution is 0.0963. The third kappa shape index (κ3) is 4.04. The van der Waals surface area contributed by atoms with E-state index in [0.29, 0.717) is 22.0 Å². The average Bonchev–Trinajstić information content (AvgIpc) is 3.31. The van der Waals surface area contributed by atoms with E-state index in [1.54, 1.807) is 45.6 Å². The van der Waals surface area contributed by atoms with Crippen LogP contribution in [0.5, 0.6) is 0 Å². The van der Waals surface area contributed by atoms with E-state index >= 15 is 0 Å². The summed E-state index contributed by atoms with van der Waals surface area (Å²) in [7, 11) is 0. The second-order valence-electron chi connectivity index (χ2n) is 8.80. The molecular formula is C26H25Cl2N3O2. The molecule has 2 heterocycles. The second-order valence-corrected chi connectivity index (χ2v) is 9.65. The normalized spacial score (nSPS) is 14.8. The molecule has 1 N–H and O–H groups in total. The summed E-state index contributed by atoms with van der Waals surface area (Å²) in [5, 5.41) is 5.24. The van der Waals surface area contributed by atoms with Crippen molar-refractivity contribution in [1.82, 2.24) is 14.3 Å². The third-order valence-electron chi connectivity index (χ3n) is 6.71. The first-order valence-electron chi connectivity index (χ1n) is 11.3. The number of fused-ring (bicyclic) bond motifs is 1. The number of hydrogen-bond donors (Lipinski definition) is 1. The lowest BCUT2D eigenvalue weighted by atomic mass is 9.96. The molecule has 5 rings (SSSR count). The van der Waals surface area contributed by atoms with Crippen molar-refractivity contribution in [3.8, 4) is 0 Å². The second kappa shape index (κ2) is 8.88. The largest absolute Gasteiger partial charge is 0.299 e. The first kappa shape index (κ1) is 22.1. The van der Waals surface area contributed by atoms with Gasteiger partial charge in [-0.15, -0.1) is 0 Å². The van der Waals surface area contributed by atoms with Crippen molar-refractivity contribution >= 4 is 40.0 Å². The number of H-pyrrole nitrogens is 1. The molecule has 1 aliphatic carbocycles. The van der Waals surface area contributed by atoms with Crippen LogP contribution in [0.3, 0.4) is 0 Å². The summed E-state index contributed by atoms with van der Waals surface area (Å²) in [6.07, 6.45) is 6.10. The molecule has 2 aromatic carbocycles. The van der Waals surface area contributed by atoms with Gasteiger partial charge in [0, 0.05) is 34.3 Å². The molecule has 0 amide bonds. The van der Waals surface area contributed by atoms with Gasteiger partial charge in [0.15, 0.2) is 0 Å². The van der Waals surface area contributed by atoms with Gasteiger partial charge in [-0.25, -0.2) is 4.68 Å². The van der Waals surface area contributed by atoms with Gasteiger partial charge in [0.1, 0.15) is 0 Å². The Morgan fingerprint density at radius 3 is 2.58 bits per heavy atom. The lowest BCUT2D eigenvalue weighted by Gasteiger charge is -2.22. The molecule has 0 bridgehead atoms. The Kier molecular flexibility index (Phi) is 5.94. The average molecular weight is 482 g/mol. The Morgan fingerprint density at radius 2 is 1.82 bits per heavy atom. The number of nitrogens with one attached hydrogen (secondary N) is 1. The molecule has 170 valence electrons. The van der Waals surface area contributed by atoms with Crippen LogP contribution in [0.15, 0.2) is 53.3 Å². The van der Waals surface area contributed by atoms with Crippen molar-refractivity contribution in [2.75, 3.05) is 0 Å². The lowest BCUT2D eigenvalue weighted by Crippen LogP contribution is -2.23. The summed E-state index contributed by atoms with van der Waals surface area (Å²) >= 11 is 12.7. The van der Waals surface area contributed by atoms with E-state index in [0.717, 1.165) is 53.5 Å². The minimum Gasteiger partial charge on any atom is -0.299 e. The van der Waals surface area contributed by atoms with Crippen LogP contribution in [0.1, 0.15) is 65.5 Å². The van der Waals surface area contributed by atoms with Gasteiger partial charge < -0.3 is 0 Å². The number of carbonyl (C=O) groups is 1. The van der Waals surface area contributed by atoms with Gasteiger partial charge in [0.2, 0.25) is 0 Å². The van der Waals surface area contributed by atoms with E-state index in [-0.39, 0.29) is 17.5 Å². The smallest absolute Gasteiger partial charge is 0.266 e. The van der Waals surface area contributed by atoms with Gasteiger partial charge in [-0.05, 0) is 55.7 Å². The number of nitrogens with zero attached hydrogens (tertiary/aromatic N) is 2. The van der Waals surface area contributed by atoms with E-state index < -0.39 is 0 Å². The van der Waals surface area contributed by atoms with Gasteiger partial charge in [-0.3, -0.25) is 19.3 Å². The fourth-order valence-electron chi connectivity index (χ4n) is 5.05. The summed E-state index contributed by atoms with van der Waals surface area (Å²) in [6.45, 7) is 1.92. The van der Waals surface area contributed by atoms with Crippen LogP contribution >= 0.6 is 23.2 Å². The zero-order valence-corrected chi connectivity index (χ0v) is 19.9. The van der Waals surface area contributed by atoms with Crippen LogP contribution < -0.4 is 5.56 Å². The molecule has 7 heteroatoms. The van der Waals surface area contributed by atoms with Gasteiger partial charge in [-0.1, -0.05) is 54.6 Å². The van der Waals surface area contributed by atoms with Crippen molar-refractivity contribution < 1.29 is 4.79 Å². The maximum absolute atomic E-state index is 13.5. The molecule has 1 saturated carbocycles. The molecule has 0 atom stereocenters. The van der Waals surface area contributed by atoms with Gasteiger partial charge in [-0.2, -0.15) is 0 Å². The van der Waals surface area contributed by atoms with Crippen LogP contribution in [0.2, 0.25) is 10.0 Å². The number of aromatic amines is 1. The van der Waals surface area contributed by atoms with Gasteiger partial charge >= 0.3 is 0 Å². The first-order valence-corrected chi connectivity index (χ1v) is 12.1. The minimum atomic E-state index is -0.190. The summed E-state index contributed by atoms with van der Waals surface area (Å²) in [4.78, 5) is 26.2. The number of rotatable bonds is 4. The fourth-order valence-corrected chi connectivity index (χ4v) is 5.44. The van der Waals surface area contributed by atoms with E-state index in [2.05, 4.69) is 5.10 Å². The molecule has 4 aromatic rings. The van der Waals surface area contributed by atoms with Crippen LogP contribution in [0.4, 0.5) is 0 Å². The summed E-state index contributed by atoms with van der Waals surface area (Å²) in [6, 6.07) is 14.5. The summed E-state index contributed by atoms with van der Waals surface area (Å²) < 4.78 is 3.48. The maximum Gasteiger partial charge on any atom is 0.266 e. The molecule has 0 radical (unpaired) electrons. The molecule has 33 heavy (non-hydrogen) atoms. The number of hydrogen-bond acceptors (Lipinski definition) is 2. The molecule has 0 saturated heterocycles. The van der Waals surface area contributed by atoms with Gasteiger partial charge in [0.05, 0.1) is 22.1 Å². The predicted molar refractivity (Wildman–Crippen MR) is 133 cm³/mol. The van der Waals surface area contributed by atoms with Crippen LogP contribution in [-0.4, -0.2) is 20.3 Å². The van der Waals surface area contributed by atoms with E-state index in [4.69, 9.17) is 23.2 Å². The number of carbonyl (C=O) groups excluding carboxylic acids is 1. The highest BCUT2D eigenvalue weighted by Crippen LogP contribution is 2.32. The third-order valence-corrected chi connectivity index (χ3v) is 7.28. The molecule has 0 unspecified atom stereocenters. The zero-order valence-electron chi connectivity index (χ0n) is 18.4. The van der Waals surface area contributed by atoms with E-state index in [9.17, 15) is 9.59 Å². The Hall–Kier alpha value is -2.76. The Balaban J connectivity index is 1.59. The molecule has 1 aliphatic rings. The van der Waals surface area contributed by atoms with Gasteiger partial charge in [0.25, 0.3) is 11.5 Å². The monoisotopic (exact) mass is 481 g/mol. The first-order chi connectivity index (χ1) is 15.9. The van der Waals surface area contributed by atoms with Crippen molar-refractivity contribution in [3.05, 3.63) is 91.4 Å². The number of benzene rings is 2. The molecular weight excluding hydrogens is 457 g/mol. The van der Waals surface area contributed by atoms with Crippen LogP contribution in [0, 0.1) is 6.92 Å². The molecule has 0 aliphatic heterocycles. The summed E-state index contributed by atoms with van der Waals surface area (Å²) in [5.74, 6) is -0.190. The number of halogens is 2. The molecule has 1 fully saturated rings. The Morgan fingerprint density at radius 1 is 1.06 bits per heavy atom. The highest BCUT2D eigenvalue weighted by Gasteiger charge is 2.23. The Bertz CT molecular complexity index is 1410. The van der Waals surface area contributed by atoms with E-state index in [1.165, 1.54) is 6.42 Å². The highest BCUT2D eigenvalue weighted by atomic mass is 35.5. The van der Waals surface area contributed by atoms with Crippen LogP contribution in [0.25, 0.3) is 10.9 Å². The Labute approximate surface area is 201 Å². The summed E-state index contributed by atoms with van der Waals surface area (Å²) in [5.41, 5.74) is 3.82. The van der Waals surface area contributed by atoms with Crippen molar-refractivity contribution in [2.45, 2.75) is 51.5 Å². The quantitative estimate of drug-likeness (QED) is 0.360. The minimum absolute atomic E-state index is 0.00321.